The highest BCUT2D eigenvalue weighted by atomic mass is 16.2. The Bertz CT molecular complexity index is 413. The Hall–Kier alpha value is -1.32. The van der Waals surface area contributed by atoms with Gasteiger partial charge in [-0.05, 0) is 18.8 Å². The molecule has 0 aliphatic heterocycles. The summed E-state index contributed by atoms with van der Waals surface area (Å²) in [5, 5.41) is 0. The Morgan fingerprint density at radius 3 is 2.50 bits per heavy atom. The largest absolute Gasteiger partial charge is 0.325 e. The second kappa shape index (κ2) is 3.82. The summed E-state index contributed by atoms with van der Waals surface area (Å²) >= 11 is 0. The smallest absolute Gasteiger partial charge is 0.314 e. The summed E-state index contributed by atoms with van der Waals surface area (Å²) in [5.41, 5.74) is 0.0968. The van der Waals surface area contributed by atoms with Crippen molar-refractivity contribution in [3.05, 3.63) is 32.6 Å². The molecule has 1 fully saturated rings. The van der Waals surface area contributed by atoms with Crippen LogP contribution in [0.2, 0.25) is 0 Å². The Morgan fingerprint density at radius 1 is 1.14 bits per heavy atom. The van der Waals surface area contributed by atoms with Gasteiger partial charge in [-0.25, -0.2) is 4.79 Å². The van der Waals surface area contributed by atoms with E-state index in [1.54, 1.807) is 6.20 Å². The third-order valence-electron chi connectivity index (χ3n) is 2.89. The lowest BCUT2D eigenvalue weighted by molar-refractivity contribution is 0.439. The van der Waals surface area contributed by atoms with E-state index in [9.17, 15) is 9.59 Å². The molecule has 0 spiro atoms. The predicted molar refractivity (Wildman–Crippen MR) is 53.5 cm³/mol. The Balaban J connectivity index is 2.31. The summed E-state index contributed by atoms with van der Waals surface area (Å²) in [6.07, 6.45) is 7.33. The maximum absolute atomic E-state index is 11.5. The van der Waals surface area contributed by atoms with Gasteiger partial charge in [0.1, 0.15) is 0 Å². The third kappa shape index (κ3) is 1.78. The minimum absolute atomic E-state index is 0.222. The molecular weight excluding hydrogens is 180 g/mol. The molecule has 1 aliphatic carbocycles. The van der Waals surface area contributed by atoms with Crippen molar-refractivity contribution in [3.8, 4) is 0 Å². The van der Waals surface area contributed by atoms with Crippen LogP contribution >= 0.6 is 0 Å². The number of aromatic nitrogens is 2. The van der Waals surface area contributed by atoms with E-state index < -0.39 is 5.69 Å². The van der Waals surface area contributed by atoms with Crippen LogP contribution < -0.4 is 11.2 Å². The van der Waals surface area contributed by atoms with Gasteiger partial charge in [0, 0.05) is 11.8 Å². The van der Waals surface area contributed by atoms with Crippen LogP contribution in [-0.2, 0) is 0 Å². The van der Waals surface area contributed by atoms with Crippen LogP contribution in [-0.4, -0.2) is 9.97 Å². The van der Waals surface area contributed by atoms with Crippen LogP contribution in [0.25, 0.3) is 0 Å². The van der Waals surface area contributed by atoms with E-state index in [1.807, 2.05) is 0 Å². The van der Waals surface area contributed by atoms with E-state index in [4.69, 9.17) is 0 Å². The number of hydrogen-bond donors (Lipinski definition) is 2. The molecular formula is C10H14N2O2. The molecule has 1 saturated carbocycles. The monoisotopic (exact) mass is 194 g/mol. The fourth-order valence-electron chi connectivity index (χ4n) is 2.14. The SMILES string of the molecule is O=c1[nH]cc(C2CCCCC2)c(=O)[nH]1. The quantitative estimate of drug-likeness (QED) is 0.703. The van der Waals surface area contributed by atoms with Crippen molar-refractivity contribution in [1.29, 1.82) is 0 Å². The van der Waals surface area contributed by atoms with Gasteiger partial charge in [0.2, 0.25) is 0 Å². The lowest BCUT2D eigenvalue weighted by Gasteiger charge is -2.20. The molecule has 0 bridgehead atoms. The van der Waals surface area contributed by atoms with Crippen LogP contribution in [0.15, 0.2) is 15.8 Å². The maximum atomic E-state index is 11.5. The van der Waals surface area contributed by atoms with Gasteiger partial charge in [-0.3, -0.25) is 9.78 Å². The van der Waals surface area contributed by atoms with Crippen molar-refractivity contribution in [2.45, 2.75) is 38.0 Å². The summed E-state index contributed by atoms with van der Waals surface area (Å²) in [5.74, 6) is 0.337. The normalized spacial score (nSPS) is 18.3. The highest BCUT2D eigenvalue weighted by molar-refractivity contribution is 5.11. The second-order valence-electron chi connectivity index (χ2n) is 3.86. The van der Waals surface area contributed by atoms with Gasteiger partial charge in [0.25, 0.3) is 5.56 Å². The zero-order chi connectivity index (χ0) is 9.97. The number of nitrogens with one attached hydrogen (secondary N) is 2. The minimum Gasteiger partial charge on any atom is -0.314 e. The summed E-state index contributed by atoms with van der Waals surface area (Å²) in [6, 6.07) is 0. The van der Waals surface area contributed by atoms with Gasteiger partial charge in [0.15, 0.2) is 0 Å². The summed E-state index contributed by atoms with van der Waals surface area (Å²) in [6.45, 7) is 0. The first-order chi connectivity index (χ1) is 6.77. The molecule has 2 rings (SSSR count). The van der Waals surface area contributed by atoms with E-state index in [0.717, 1.165) is 18.4 Å². The van der Waals surface area contributed by atoms with Crippen molar-refractivity contribution < 1.29 is 0 Å². The maximum Gasteiger partial charge on any atom is 0.325 e. The first kappa shape index (κ1) is 9.24. The fourth-order valence-corrected chi connectivity index (χ4v) is 2.14. The standard InChI is InChI=1S/C10H14N2O2/c13-9-8(6-11-10(14)12-9)7-4-2-1-3-5-7/h6-7H,1-5H2,(H2,11,12,13,14). The molecule has 76 valence electrons. The molecule has 4 heteroatoms. The Morgan fingerprint density at radius 2 is 1.86 bits per heavy atom. The fraction of sp³-hybridized carbons (Fsp3) is 0.600. The molecule has 0 unspecified atom stereocenters. The molecule has 0 saturated heterocycles. The molecule has 0 atom stereocenters. The van der Waals surface area contributed by atoms with E-state index >= 15 is 0 Å². The lowest BCUT2D eigenvalue weighted by atomic mass is 9.85. The first-order valence-electron chi connectivity index (χ1n) is 5.09. The van der Waals surface area contributed by atoms with E-state index in [1.165, 1.54) is 19.3 Å². The van der Waals surface area contributed by atoms with Crippen LogP contribution in [0.3, 0.4) is 0 Å². The third-order valence-corrected chi connectivity index (χ3v) is 2.89. The highest BCUT2D eigenvalue weighted by Gasteiger charge is 2.18. The van der Waals surface area contributed by atoms with E-state index in [-0.39, 0.29) is 5.56 Å². The molecule has 0 amide bonds. The van der Waals surface area contributed by atoms with Crippen molar-refractivity contribution in [2.75, 3.05) is 0 Å². The van der Waals surface area contributed by atoms with Crippen LogP contribution in [0, 0.1) is 0 Å². The summed E-state index contributed by atoms with van der Waals surface area (Å²) in [7, 11) is 0. The molecule has 1 aliphatic rings. The topological polar surface area (TPSA) is 65.7 Å². The average Bonchev–Trinajstić information content (AvgIpc) is 2.19. The minimum atomic E-state index is -0.422. The Labute approximate surface area is 81.4 Å². The zero-order valence-corrected chi connectivity index (χ0v) is 8.01. The van der Waals surface area contributed by atoms with Crippen molar-refractivity contribution in [1.82, 2.24) is 9.97 Å². The van der Waals surface area contributed by atoms with Gasteiger partial charge in [-0.1, -0.05) is 19.3 Å². The molecule has 1 aromatic rings. The van der Waals surface area contributed by atoms with Gasteiger partial charge in [0.05, 0.1) is 0 Å². The van der Waals surface area contributed by atoms with Crippen LogP contribution in [0.1, 0.15) is 43.6 Å². The van der Waals surface area contributed by atoms with Crippen LogP contribution in [0.5, 0.6) is 0 Å². The number of hydrogen-bond acceptors (Lipinski definition) is 2. The van der Waals surface area contributed by atoms with Gasteiger partial charge >= 0.3 is 5.69 Å². The molecule has 0 radical (unpaired) electrons. The average molecular weight is 194 g/mol. The van der Waals surface area contributed by atoms with Crippen molar-refractivity contribution >= 4 is 0 Å². The zero-order valence-electron chi connectivity index (χ0n) is 8.01. The predicted octanol–water partition coefficient (Wildman–Crippen LogP) is 1.11. The van der Waals surface area contributed by atoms with Crippen molar-refractivity contribution in [3.63, 3.8) is 0 Å². The van der Waals surface area contributed by atoms with Gasteiger partial charge in [-0.15, -0.1) is 0 Å². The number of H-pyrrole nitrogens is 2. The van der Waals surface area contributed by atoms with Crippen LogP contribution in [0.4, 0.5) is 0 Å². The Kier molecular flexibility index (Phi) is 2.52. The molecule has 14 heavy (non-hydrogen) atoms. The summed E-state index contributed by atoms with van der Waals surface area (Å²) < 4.78 is 0. The first-order valence-corrected chi connectivity index (χ1v) is 5.09. The molecule has 0 aromatic carbocycles. The van der Waals surface area contributed by atoms with Gasteiger partial charge < -0.3 is 4.98 Å². The highest BCUT2D eigenvalue weighted by Crippen LogP contribution is 2.29. The molecule has 1 heterocycles. The lowest BCUT2D eigenvalue weighted by Crippen LogP contribution is -2.26. The molecule has 1 aromatic heterocycles. The van der Waals surface area contributed by atoms with Gasteiger partial charge in [-0.2, -0.15) is 0 Å². The number of aromatic amines is 2. The molecule has 2 N–H and O–H groups in total. The van der Waals surface area contributed by atoms with Crippen molar-refractivity contribution in [2.24, 2.45) is 0 Å². The summed E-state index contributed by atoms with van der Waals surface area (Å²) in [4.78, 5) is 27.1. The second-order valence-corrected chi connectivity index (χ2v) is 3.86. The number of rotatable bonds is 1. The van der Waals surface area contributed by atoms with E-state index in [2.05, 4.69) is 9.97 Å². The van der Waals surface area contributed by atoms with E-state index in [0.29, 0.717) is 5.92 Å². The molecule has 4 nitrogen and oxygen atoms in total.